The Balaban J connectivity index is 1.91. The Labute approximate surface area is 124 Å². The Morgan fingerprint density at radius 3 is 2.10 bits per heavy atom. The molecule has 0 amide bonds. The quantitative estimate of drug-likeness (QED) is 0.424. The maximum absolute atomic E-state index is 11.1. The predicted molar refractivity (Wildman–Crippen MR) is 84.5 cm³/mol. The molecule has 0 saturated carbocycles. The van der Waals surface area contributed by atoms with Crippen LogP contribution in [0.15, 0.2) is 0 Å². The minimum absolute atomic E-state index is 0.632. The van der Waals surface area contributed by atoms with E-state index in [0.29, 0.717) is 13.2 Å². The number of hydrogen-bond donors (Lipinski definition) is 2. The van der Waals surface area contributed by atoms with Crippen molar-refractivity contribution in [2.24, 2.45) is 0 Å². The molecule has 1 heterocycles. The summed E-state index contributed by atoms with van der Waals surface area (Å²) in [5, 5.41) is 14.3. The van der Waals surface area contributed by atoms with Crippen molar-refractivity contribution >= 4 is 0 Å². The van der Waals surface area contributed by atoms with E-state index in [2.05, 4.69) is 17.7 Å². The van der Waals surface area contributed by atoms with Gasteiger partial charge in [0, 0.05) is 13.1 Å². The van der Waals surface area contributed by atoms with E-state index in [9.17, 15) is 5.21 Å². The Hall–Kier alpha value is -0.160. The predicted octanol–water partition coefficient (Wildman–Crippen LogP) is 3.70. The van der Waals surface area contributed by atoms with Gasteiger partial charge in [-0.15, -0.1) is 0 Å². The average molecular weight is 285 g/mol. The summed E-state index contributed by atoms with van der Waals surface area (Å²) in [4.78, 5) is 0. The lowest BCUT2D eigenvalue weighted by atomic mass is 10.0. The van der Waals surface area contributed by atoms with E-state index >= 15 is 0 Å². The highest BCUT2D eigenvalue weighted by Crippen LogP contribution is 2.19. The summed E-state index contributed by atoms with van der Waals surface area (Å²) in [5.74, 6) is 0. The molecule has 1 aliphatic heterocycles. The number of rotatable bonds is 12. The highest BCUT2D eigenvalue weighted by atomic mass is 16.6. The molecule has 1 fully saturated rings. The fraction of sp³-hybridized carbons (Fsp3) is 1.00. The van der Waals surface area contributed by atoms with E-state index in [0.717, 1.165) is 19.4 Å². The SMILES string of the molecule is CCCCCCCCCCCCC1(N[O-])CNCCO1. The summed E-state index contributed by atoms with van der Waals surface area (Å²) >= 11 is 0. The lowest BCUT2D eigenvalue weighted by Crippen LogP contribution is -2.57. The maximum atomic E-state index is 11.1. The van der Waals surface area contributed by atoms with Gasteiger partial charge >= 0.3 is 0 Å². The van der Waals surface area contributed by atoms with Crippen molar-refractivity contribution in [2.75, 3.05) is 19.7 Å². The van der Waals surface area contributed by atoms with Gasteiger partial charge in [0.1, 0.15) is 5.72 Å². The molecule has 0 aromatic rings. The van der Waals surface area contributed by atoms with Gasteiger partial charge in [-0.3, -0.25) is 0 Å². The molecule has 0 aliphatic carbocycles. The van der Waals surface area contributed by atoms with Crippen molar-refractivity contribution in [1.82, 2.24) is 10.8 Å². The molecule has 0 radical (unpaired) electrons. The van der Waals surface area contributed by atoms with Crippen LogP contribution >= 0.6 is 0 Å². The zero-order valence-corrected chi connectivity index (χ0v) is 13.2. The third kappa shape index (κ3) is 7.58. The zero-order chi connectivity index (χ0) is 14.5. The van der Waals surface area contributed by atoms with E-state index in [-0.39, 0.29) is 0 Å². The Morgan fingerprint density at radius 1 is 1.00 bits per heavy atom. The van der Waals surface area contributed by atoms with Crippen LogP contribution in [0.4, 0.5) is 0 Å². The number of morpholine rings is 1. The topological polar surface area (TPSA) is 56.3 Å². The number of nitrogens with one attached hydrogen (secondary N) is 2. The van der Waals surface area contributed by atoms with Crippen molar-refractivity contribution in [1.29, 1.82) is 0 Å². The van der Waals surface area contributed by atoms with Crippen LogP contribution < -0.4 is 10.8 Å². The van der Waals surface area contributed by atoms with Gasteiger partial charge < -0.3 is 20.7 Å². The number of hydrogen-bond acceptors (Lipinski definition) is 4. The first-order chi connectivity index (χ1) is 9.83. The monoisotopic (exact) mass is 285 g/mol. The van der Waals surface area contributed by atoms with Crippen molar-refractivity contribution in [3.05, 3.63) is 5.21 Å². The first kappa shape index (κ1) is 17.9. The molecule has 1 rings (SSSR count). The fourth-order valence-electron chi connectivity index (χ4n) is 2.84. The lowest BCUT2D eigenvalue weighted by Gasteiger charge is -2.41. The first-order valence-corrected chi connectivity index (χ1v) is 8.57. The van der Waals surface area contributed by atoms with Gasteiger partial charge in [-0.25, -0.2) is 0 Å². The van der Waals surface area contributed by atoms with Crippen LogP contribution in [0.25, 0.3) is 0 Å². The van der Waals surface area contributed by atoms with Crippen molar-refractivity contribution in [3.63, 3.8) is 0 Å². The largest absolute Gasteiger partial charge is 0.786 e. The lowest BCUT2D eigenvalue weighted by molar-refractivity contribution is -0.0873. The summed E-state index contributed by atoms with van der Waals surface area (Å²) in [7, 11) is 0. The highest BCUT2D eigenvalue weighted by Gasteiger charge is 2.28. The minimum Gasteiger partial charge on any atom is -0.786 e. The van der Waals surface area contributed by atoms with Gasteiger partial charge in [0.2, 0.25) is 0 Å². The molecule has 20 heavy (non-hydrogen) atoms. The zero-order valence-electron chi connectivity index (χ0n) is 13.2. The van der Waals surface area contributed by atoms with Crippen LogP contribution in [0.1, 0.15) is 77.6 Å². The van der Waals surface area contributed by atoms with Crippen molar-refractivity contribution in [3.8, 4) is 0 Å². The van der Waals surface area contributed by atoms with Crippen LogP contribution in [0.5, 0.6) is 0 Å². The molecular formula is C16H33N2O2-. The summed E-state index contributed by atoms with van der Waals surface area (Å²) in [5.41, 5.74) is 1.46. The molecule has 0 bridgehead atoms. The molecule has 4 heteroatoms. The van der Waals surface area contributed by atoms with Crippen LogP contribution in [0, 0.1) is 5.21 Å². The normalized spacial score (nSPS) is 23.1. The molecule has 120 valence electrons. The Morgan fingerprint density at radius 2 is 1.60 bits per heavy atom. The van der Waals surface area contributed by atoms with Crippen LogP contribution in [0.3, 0.4) is 0 Å². The second kappa shape index (κ2) is 11.5. The van der Waals surface area contributed by atoms with Gasteiger partial charge in [0.25, 0.3) is 0 Å². The van der Waals surface area contributed by atoms with Gasteiger partial charge in [-0.2, -0.15) is 0 Å². The standard InChI is InChI=1S/C16H33N2O2/c1-2-3-4-5-6-7-8-9-10-11-12-16(18-19)15-17-13-14-20-16/h17-18H,2-15H2,1H3/q-1. The molecule has 4 nitrogen and oxygen atoms in total. The number of unbranched alkanes of at least 4 members (excludes halogenated alkanes) is 9. The van der Waals surface area contributed by atoms with Crippen LogP contribution in [-0.4, -0.2) is 25.4 Å². The van der Waals surface area contributed by atoms with E-state index in [1.165, 1.54) is 57.8 Å². The summed E-state index contributed by atoms with van der Waals surface area (Å²) in [6.45, 7) is 4.37. The van der Waals surface area contributed by atoms with Gasteiger partial charge in [-0.05, 0) is 12.8 Å². The van der Waals surface area contributed by atoms with E-state index < -0.39 is 5.72 Å². The van der Waals surface area contributed by atoms with Gasteiger partial charge in [-0.1, -0.05) is 64.7 Å². The molecule has 0 aromatic heterocycles. The summed E-state index contributed by atoms with van der Waals surface area (Å²) < 4.78 is 5.61. The van der Waals surface area contributed by atoms with Crippen LogP contribution in [-0.2, 0) is 4.74 Å². The average Bonchev–Trinajstić information content (AvgIpc) is 2.50. The molecule has 1 aliphatic rings. The molecule has 0 spiro atoms. The first-order valence-electron chi connectivity index (χ1n) is 8.57. The van der Waals surface area contributed by atoms with E-state index in [1.807, 2.05) is 0 Å². The molecule has 2 N–H and O–H groups in total. The van der Waals surface area contributed by atoms with Gasteiger partial charge in [0.05, 0.1) is 6.61 Å². The molecule has 1 saturated heterocycles. The summed E-state index contributed by atoms with van der Waals surface area (Å²) in [6.07, 6.45) is 14.0. The van der Waals surface area contributed by atoms with Gasteiger partial charge in [0.15, 0.2) is 0 Å². The third-order valence-electron chi connectivity index (χ3n) is 4.19. The second-order valence-electron chi connectivity index (χ2n) is 6.05. The maximum Gasteiger partial charge on any atom is 0.120 e. The molecule has 0 aromatic carbocycles. The van der Waals surface area contributed by atoms with Crippen molar-refractivity contribution < 1.29 is 4.74 Å². The summed E-state index contributed by atoms with van der Waals surface area (Å²) in [6, 6.07) is 0. The Bertz CT molecular complexity index is 219. The minimum atomic E-state index is -0.654. The number of ether oxygens (including phenoxy) is 1. The fourth-order valence-corrected chi connectivity index (χ4v) is 2.84. The highest BCUT2D eigenvalue weighted by molar-refractivity contribution is 4.84. The second-order valence-corrected chi connectivity index (χ2v) is 6.05. The Kier molecular flexibility index (Phi) is 10.3. The third-order valence-corrected chi connectivity index (χ3v) is 4.19. The molecule has 1 atom stereocenters. The van der Waals surface area contributed by atoms with Crippen LogP contribution in [0.2, 0.25) is 0 Å². The smallest absolute Gasteiger partial charge is 0.120 e. The number of hydroxylamine groups is 1. The van der Waals surface area contributed by atoms with E-state index in [4.69, 9.17) is 4.74 Å². The molecular weight excluding hydrogens is 252 g/mol. The molecule has 1 unspecified atom stereocenters. The van der Waals surface area contributed by atoms with Crippen molar-refractivity contribution in [2.45, 2.75) is 83.3 Å². The van der Waals surface area contributed by atoms with E-state index in [1.54, 1.807) is 0 Å².